The molecule has 0 aliphatic carbocycles. The summed E-state index contributed by atoms with van der Waals surface area (Å²) in [5, 5.41) is 3.46. The van der Waals surface area contributed by atoms with Crippen LogP contribution in [0.5, 0.6) is 0 Å². The lowest BCUT2D eigenvalue weighted by Crippen LogP contribution is -2.17. The number of anilines is 1. The first-order chi connectivity index (χ1) is 7.93. The van der Waals surface area contributed by atoms with Crippen LogP contribution in [0.1, 0.15) is 36.3 Å². The summed E-state index contributed by atoms with van der Waals surface area (Å²) in [7, 11) is 0. The van der Waals surface area contributed by atoms with Crippen molar-refractivity contribution in [3.63, 3.8) is 0 Å². The zero-order valence-corrected chi connectivity index (χ0v) is 9.67. The summed E-state index contributed by atoms with van der Waals surface area (Å²) in [5.74, 6) is 0.626. The lowest BCUT2D eigenvalue weighted by Gasteiger charge is -2.25. The third kappa shape index (κ3) is 1.94. The average molecular weight is 217 g/mol. The van der Waals surface area contributed by atoms with E-state index in [2.05, 4.69) is 23.5 Å². The van der Waals surface area contributed by atoms with Gasteiger partial charge in [0.2, 0.25) is 0 Å². The number of fused-ring (bicyclic) bond motifs is 1. The van der Waals surface area contributed by atoms with E-state index in [1.807, 2.05) is 0 Å². The summed E-state index contributed by atoms with van der Waals surface area (Å²) in [6.45, 7) is 2.98. The highest BCUT2D eigenvalue weighted by atomic mass is 16.5. The van der Waals surface area contributed by atoms with Crippen LogP contribution in [0, 0.1) is 0 Å². The van der Waals surface area contributed by atoms with Gasteiger partial charge in [0.1, 0.15) is 0 Å². The molecular weight excluding hydrogens is 198 g/mol. The molecular formula is C14H19NO. The van der Waals surface area contributed by atoms with Crippen molar-refractivity contribution in [1.29, 1.82) is 0 Å². The lowest BCUT2D eigenvalue weighted by molar-refractivity contribution is 0.0804. The lowest BCUT2D eigenvalue weighted by atomic mass is 9.90. The predicted octanol–water partition coefficient (Wildman–Crippen LogP) is 2.94. The van der Waals surface area contributed by atoms with Crippen molar-refractivity contribution in [1.82, 2.24) is 0 Å². The van der Waals surface area contributed by atoms with Crippen molar-refractivity contribution in [2.45, 2.75) is 31.6 Å². The number of aryl methyl sites for hydroxylation is 1. The van der Waals surface area contributed by atoms with Crippen LogP contribution in [-0.2, 0) is 11.2 Å². The topological polar surface area (TPSA) is 21.3 Å². The molecule has 1 saturated heterocycles. The number of ether oxygens (including phenoxy) is 1. The Balaban J connectivity index is 1.84. The molecule has 1 aromatic carbocycles. The SMILES string of the molecule is c1cc2c(cc1C1CCCOC1)CCCN2. The van der Waals surface area contributed by atoms with Crippen molar-refractivity contribution in [2.24, 2.45) is 0 Å². The largest absolute Gasteiger partial charge is 0.385 e. The average Bonchev–Trinajstić information content (AvgIpc) is 2.39. The van der Waals surface area contributed by atoms with Gasteiger partial charge in [-0.25, -0.2) is 0 Å². The Labute approximate surface area is 97.0 Å². The minimum absolute atomic E-state index is 0.626. The minimum atomic E-state index is 0.626. The van der Waals surface area contributed by atoms with Gasteiger partial charge in [0, 0.05) is 24.8 Å². The monoisotopic (exact) mass is 217 g/mol. The first kappa shape index (κ1) is 10.2. The van der Waals surface area contributed by atoms with E-state index in [1.165, 1.54) is 42.5 Å². The maximum Gasteiger partial charge on any atom is 0.0534 e. The number of rotatable bonds is 1. The Morgan fingerprint density at radius 3 is 3.12 bits per heavy atom. The van der Waals surface area contributed by atoms with Gasteiger partial charge in [-0.05, 0) is 42.9 Å². The fourth-order valence-corrected chi connectivity index (χ4v) is 2.75. The molecule has 0 bridgehead atoms. The Morgan fingerprint density at radius 2 is 2.25 bits per heavy atom. The zero-order chi connectivity index (χ0) is 10.8. The molecule has 2 heterocycles. The summed E-state index contributed by atoms with van der Waals surface area (Å²) >= 11 is 0. The Morgan fingerprint density at radius 1 is 1.25 bits per heavy atom. The summed E-state index contributed by atoms with van der Waals surface area (Å²) in [5.41, 5.74) is 4.31. The molecule has 1 unspecified atom stereocenters. The van der Waals surface area contributed by atoms with Gasteiger partial charge in [-0.2, -0.15) is 0 Å². The van der Waals surface area contributed by atoms with Crippen LogP contribution in [0.4, 0.5) is 5.69 Å². The van der Waals surface area contributed by atoms with Crippen molar-refractivity contribution in [3.8, 4) is 0 Å². The van der Waals surface area contributed by atoms with Gasteiger partial charge in [0.25, 0.3) is 0 Å². The highest BCUT2D eigenvalue weighted by molar-refractivity contribution is 5.54. The molecule has 0 amide bonds. The van der Waals surface area contributed by atoms with Crippen molar-refractivity contribution in [3.05, 3.63) is 29.3 Å². The summed E-state index contributed by atoms with van der Waals surface area (Å²) < 4.78 is 5.56. The standard InChI is InChI=1S/C14H19NO/c1-3-12-9-11(5-6-14(12)15-7-1)13-4-2-8-16-10-13/h5-6,9,13,15H,1-4,7-8,10H2. The highest BCUT2D eigenvalue weighted by Gasteiger charge is 2.17. The second-order valence-electron chi connectivity index (χ2n) is 4.86. The van der Waals surface area contributed by atoms with E-state index in [0.29, 0.717) is 5.92 Å². The predicted molar refractivity (Wildman–Crippen MR) is 66.0 cm³/mol. The van der Waals surface area contributed by atoms with Crippen molar-refractivity contribution >= 4 is 5.69 Å². The summed E-state index contributed by atoms with van der Waals surface area (Å²) in [6.07, 6.45) is 4.98. The van der Waals surface area contributed by atoms with Gasteiger partial charge in [-0.1, -0.05) is 12.1 Å². The molecule has 0 aromatic heterocycles. The smallest absolute Gasteiger partial charge is 0.0534 e. The molecule has 1 fully saturated rings. The minimum Gasteiger partial charge on any atom is -0.385 e. The first-order valence-corrected chi connectivity index (χ1v) is 6.38. The normalized spacial score (nSPS) is 24.6. The maximum absolute atomic E-state index is 5.56. The van der Waals surface area contributed by atoms with Crippen LogP contribution < -0.4 is 5.32 Å². The second-order valence-corrected chi connectivity index (χ2v) is 4.86. The van der Waals surface area contributed by atoms with Gasteiger partial charge in [0.15, 0.2) is 0 Å². The quantitative estimate of drug-likeness (QED) is 0.781. The van der Waals surface area contributed by atoms with Crippen LogP contribution in [-0.4, -0.2) is 19.8 Å². The van der Waals surface area contributed by atoms with Gasteiger partial charge in [-0.3, -0.25) is 0 Å². The zero-order valence-electron chi connectivity index (χ0n) is 9.67. The molecule has 0 radical (unpaired) electrons. The number of benzene rings is 1. The second kappa shape index (κ2) is 4.46. The molecule has 1 aromatic rings. The van der Waals surface area contributed by atoms with E-state index in [9.17, 15) is 0 Å². The Bertz CT molecular complexity index is 369. The molecule has 1 N–H and O–H groups in total. The van der Waals surface area contributed by atoms with Crippen LogP contribution in [0.3, 0.4) is 0 Å². The Hall–Kier alpha value is -1.02. The fraction of sp³-hybridized carbons (Fsp3) is 0.571. The van der Waals surface area contributed by atoms with Crippen LogP contribution in [0.25, 0.3) is 0 Å². The third-order valence-corrected chi connectivity index (χ3v) is 3.70. The first-order valence-electron chi connectivity index (χ1n) is 6.38. The number of hydrogen-bond donors (Lipinski definition) is 1. The fourth-order valence-electron chi connectivity index (χ4n) is 2.75. The molecule has 2 nitrogen and oxygen atoms in total. The highest BCUT2D eigenvalue weighted by Crippen LogP contribution is 2.30. The van der Waals surface area contributed by atoms with Gasteiger partial charge < -0.3 is 10.1 Å². The molecule has 3 rings (SSSR count). The van der Waals surface area contributed by atoms with E-state index < -0.39 is 0 Å². The maximum atomic E-state index is 5.56. The molecule has 16 heavy (non-hydrogen) atoms. The van der Waals surface area contributed by atoms with Crippen LogP contribution in [0.15, 0.2) is 18.2 Å². The van der Waals surface area contributed by atoms with Crippen LogP contribution in [0.2, 0.25) is 0 Å². The molecule has 1 atom stereocenters. The molecule has 0 spiro atoms. The van der Waals surface area contributed by atoms with Gasteiger partial charge in [-0.15, -0.1) is 0 Å². The van der Waals surface area contributed by atoms with Crippen molar-refractivity contribution in [2.75, 3.05) is 25.1 Å². The van der Waals surface area contributed by atoms with Crippen molar-refractivity contribution < 1.29 is 4.74 Å². The molecule has 0 saturated carbocycles. The van der Waals surface area contributed by atoms with Gasteiger partial charge >= 0.3 is 0 Å². The number of hydrogen-bond acceptors (Lipinski definition) is 2. The molecule has 86 valence electrons. The van der Waals surface area contributed by atoms with E-state index >= 15 is 0 Å². The number of nitrogens with one attached hydrogen (secondary N) is 1. The summed E-state index contributed by atoms with van der Waals surface area (Å²) in [4.78, 5) is 0. The van der Waals surface area contributed by atoms with Crippen LogP contribution >= 0.6 is 0 Å². The third-order valence-electron chi connectivity index (χ3n) is 3.70. The van der Waals surface area contributed by atoms with E-state index in [0.717, 1.165) is 19.8 Å². The molecule has 2 aliphatic rings. The van der Waals surface area contributed by atoms with Gasteiger partial charge in [0.05, 0.1) is 6.61 Å². The Kier molecular flexibility index (Phi) is 2.83. The molecule has 2 aliphatic heterocycles. The van der Waals surface area contributed by atoms with E-state index in [-0.39, 0.29) is 0 Å². The summed E-state index contributed by atoms with van der Waals surface area (Å²) in [6, 6.07) is 6.91. The van der Waals surface area contributed by atoms with E-state index in [1.54, 1.807) is 0 Å². The van der Waals surface area contributed by atoms with E-state index in [4.69, 9.17) is 4.74 Å². The molecule has 2 heteroatoms.